The minimum absolute atomic E-state index is 0.136. The number of carbonyl (C=O) groups excluding carboxylic acids is 2. The van der Waals surface area contributed by atoms with E-state index >= 15 is 0 Å². The lowest BCUT2D eigenvalue weighted by atomic mass is 9.87. The molecule has 1 fully saturated rings. The second-order valence-corrected chi connectivity index (χ2v) is 9.75. The third-order valence-corrected chi connectivity index (χ3v) is 7.04. The summed E-state index contributed by atoms with van der Waals surface area (Å²) in [5, 5.41) is 2.68. The summed E-state index contributed by atoms with van der Waals surface area (Å²) in [7, 11) is 0. The van der Waals surface area contributed by atoms with Crippen molar-refractivity contribution in [3.63, 3.8) is 0 Å². The number of fused-ring (bicyclic) bond motifs is 1. The van der Waals surface area contributed by atoms with Crippen LogP contribution in [0.5, 0.6) is 5.75 Å². The van der Waals surface area contributed by atoms with Crippen molar-refractivity contribution in [1.82, 2.24) is 4.90 Å². The Morgan fingerprint density at radius 1 is 0.974 bits per heavy atom. The fourth-order valence-corrected chi connectivity index (χ4v) is 4.94. The Hall–Kier alpha value is -4.39. The molecule has 1 aliphatic heterocycles. The Morgan fingerprint density at radius 2 is 1.76 bits per heavy atom. The van der Waals surface area contributed by atoms with Crippen molar-refractivity contribution in [2.24, 2.45) is 5.92 Å². The Labute approximate surface area is 220 Å². The zero-order valence-corrected chi connectivity index (χ0v) is 20.7. The Bertz CT molecular complexity index is 1460. The van der Waals surface area contributed by atoms with Crippen LogP contribution in [-0.4, -0.2) is 23.3 Å². The molecule has 2 heterocycles. The molecule has 0 spiro atoms. The first-order valence-corrected chi connectivity index (χ1v) is 12.8. The highest BCUT2D eigenvalue weighted by Gasteiger charge is 2.39. The smallest absolute Gasteiger partial charge is 0.291 e. The quantitative estimate of drug-likeness (QED) is 0.325. The minimum atomic E-state index is -0.428. The minimum Gasteiger partial charge on any atom is -0.486 e. The van der Waals surface area contributed by atoms with E-state index < -0.39 is 5.91 Å². The predicted octanol–water partition coefficient (Wildman–Crippen LogP) is 6.13. The molecule has 0 radical (unpaired) electrons. The lowest BCUT2D eigenvalue weighted by Gasteiger charge is -2.38. The second-order valence-electron chi connectivity index (χ2n) is 9.75. The van der Waals surface area contributed by atoms with E-state index in [0.29, 0.717) is 23.7 Å². The molecular formula is C31H27FN2O4. The Morgan fingerprint density at radius 3 is 2.53 bits per heavy atom. The van der Waals surface area contributed by atoms with E-state index in [0.717, 1.165) is 30.4 Å². The molecule has 6 nitrogen and oxygen atoms in total. The summed E-state index contributed by atoms with van der Waals surface area (Å²) in [5.74, 6) is 0.879. The molecule has 3 aromatic carbocycles. The van der Waals surface area contributed by atoms with Crippen LogP contribution in [0.15, 0.2) is 89.3 Å². The number of hydrogen-bond donors (Lipinski definition) is 1. The lowest BCUT2D eigenvalue weighted by molar-refractivity contribution is -0.134. The number of hydrogen-bond acceptors (Lipinski definition) is 4. The van der Waals surface area contributed by atoms with Gasteiger partial charge in [0.25, 0.3) is 5.91 Å². The van der Waals surface area contributed by atoms with Gasteiger partial charge in [0.2, 0.25) is 5.91 Å². The van der Waals surface area contributed by atoms with Crippen molar-refractivity contribution >= 4 is 17.5 Å². The number of rotatable bonds is 7. The van der Waals surface area contributed by atoms with E-state index in [9.17, 15) is 14.0 Å². The number of carbonyl (C=O) groups is 2. The number of nitrogens with one attached hydrogen (secondary N) is 1. The maximum absolute atomic E-state index is 13.2. The Balaban J connectivity index is 1.18. The van der Waals surface area contributed by atoms with Crippen LogP contribution in [0.1, 0.15) is 51.9 Å². The molecule has 0 bridgehead atoms. The second kappa shape index (κ2) is 10.2. The third kappa shape index (κ3) is 5.05. The summed E-state index contributed by atoms with van der Waals surface area (Å²) in [4.78, 5) is 27.7. The van der Waals surface area contributed by atoms with Crippen molar-refractivity contribution in [2.75, 3.05) is 11.9 Å². The molecule has 7 heteroatoms. The molecule has 38 heavy (non-hydrogen) atoms. The molecule has 1 aliphatic carbocycles. The van der Waals surface area contributed by atoms with E-state index in [1.165, 1.54) is 29.8 Å². The summed E-state index contributed by atoms with van der Waals surface area (Å²) >= 11 is 0. The number of benzene rings is 3. The van der Waals surface area contributed by atoms with Gasteiger partial charge in [-0.15, -0.1) is 0 Å². The normalized spacial score (nSPS) is 16.6. The fourth-order valence-electron chi connectivity index (χ4n) is 4.94. The van der Waals surface area contributed by atoms with Crippen LogP contribution < -0.4 is 10.1 Å². The van der Waals surface area contributed by atoms with Gasteiger partial charge in [0, 0.05) is 18.2 Å². The lowest BCUT2D eigenvalue weighted by Crippen LogP contribution is -2.41. The molecule has 0 saturated heterocycles. The van der Waals surface area contributed by atoms with Gasteiger partial charge in [-0.2, -0.15) is 0 Å². The maximum Gasteiger partial charge on any atom is 0.291 e. The van der Waals surface area contributed by atoms with Crippen LogP contribution in [0.2, 0.25) is 0 Å². The molecular weight excluding hydrogens is 483 g/mol. The standard InChI is InChI=1S/C31H27FN2O4/c32-23-9-11-24(12-10-23)33-30(35)28-15-14-26(38-28)19-37-25-13-8-20-16-17-34(31(36)22-6-7-22)29(27(20)18-25)21-4-2-1-3-5-21/h1-5,8-15,18,22,29H,6-7,16-17,19H2,(H,33,35). The first-order chi connectivity index (χ1) is 18.5. The zero-order chi connectivity index (χ0) is 26.1. The van der Waals surface area contributed by atoms with E-state index in [2.05, 4.69) is 23.5 Å². The molecule has 1 aromatic heterocycles. The van der Waals surface area contributed by atoms with Gasteiger partial charge in [0.05, 0.1) is 6.04 Å². The van der Waals surface area contributed by atoms with Gasteiger partial charge in [-0.1, -0.05) is 36.4 Å². The third-order valence-electron chi connectivity index (χ3n) is 7.04. The molecule has 6 rings (SSSR count). The van der Waals surface area contributed by atoms with Crippen molar-refractivity contribution in [1.29, 1.82) is 0 Å². The van der Waals surface area contributed by atoms with Crippen molar-refractivity contribution in [3.8, 4) is 5.75 Å². The van der Waals surface area contributed by atoms with Gasteiger partial charge < -0.3 is 19.4 Å². The van der Waals surface area contributed by atoms with Crippen LogP contribution >= 0.6 is 0 Å². The van der Waals surface area contributed by atoms with E-state index in [1.807, 2.05) is 35.2 Å². The monoisotopic (exact) mass is 510 g/mol. The van der Waals surface area contributed by atoms with Gasteiger partial charge in [-0.25, -0.2) is 4.39 Å². The number of ether oxygens (including phenoxy) is 1. The number of halogens is 1. The van der Waals surface area contributed by atoms with Crippen LogP contribution in [0.25, 0.3) is 0 Å². The van der Waals surface area contributed by atoms with Gasteiger partial charge >= 0.3 is 0 Å². The SMILES string of the molecule is O=C(Nc1ccc(F)cc1)c1ccc(COc2ccc3c(c2)C(c2ccccc2)N(C(=O)C2CC2)CC3)o1. The number of nitrogens with zero attached hydrogens (tertiary/aromatic N) is 1. The van der Waals surface area contributed by atoms with E-state index in [4.69, 9.17) is 9.15 Å². The van der Waals surface area contributed by atoms with Crippen LogP contribution in [0.4, 0.5) is 10.1 Å². The molecule has 1 unspecified atom stereocenters. The van der Waals surface area contributed by atoms with E-state index in [1.54, 1.807) is 12.1 Å². The summed E-state index contributed by atoms with van der Waals surface area (Å²) in [6.07, 6.45) is 2.75. The topological polar surface area (TPSA) is 71.8 Å². The van der Waals surface area contributed by atoms with Crippen molar-refractivity contribution in [2.45, 2.75) is 31.9 Å². The van der Waals surface area contributed by atoms with Crippen LogP contribution in [0.3, 0.4) is 0 Å². The molecule has 1 saturated carbocycles. The Kier molecular flexibility index (Phi) is 6.42. The van der Waals surface area contributed by atoms with Crippen molar-refractivity contribution in [3.05, 3.63) is 119 Å². The van der Waals surface area contributed by atoms with Crippen molar-refractivity contribution < 1.29 is 23.1 Å². The van der Waals surface area contributed by atoms with Gasteiger partial charge in [0.1, 0.15) is 23.9 Å². The summed E-state index contributed by atoms with van der Waals surface area (Å²) in [6.45, 7) is 0.848. The average molecular weight is 511 g/mol. The molecule has 2 aliphatic rings. The van der Waals surface area contributed by atoms with Crippen LogP contribution in [0, 0.1) is 11.7 Å². The summed E-state index contributed by atoms with van der Waals surface area (Å²) < 4.78 is 24.8. The fraction of sp³-hybridized carbons (Fsp3) is 0.226. The predicted molar refractivity (Wildman–Crippen MR) is 140 cm³/mol. The largest absolute Gasteiger partial charge is 0.486 e. The van der Waals surface area contributed by atoms with Gasteiger partial charge in [-0.05, 0) is 84.5 Å². The molecule has 1 N–H and O–H groups in total. The molecule has 1 atom stereocenters. The number of amides is 2. The molecule has 2 amide bonds. The molecule has 192 valence electrons. The average Bonchev–Trinajstić information content (AvgIpc) is 3.69. The zero-order valence-electron chi connectivity index (χ0n) is 20.7. The van der Waals surface area contributed by atoms with Crippen LogP contribution in [-0.2, 0) is 17.8 Å². The molecule has 4 aromatic rings. The first-order valence-electron chi connectivity index (χ1n) is 12.8. The number of anilines is 1. The maximum atomic E-state index is 13.2. The summed E-state index contributed by atoms with van der Waals surface area (Å²) in [5.41, 5.74) is 3.85. The highest BCUT2D eigenvalue weighted by Crippen LogP contribution is 2.41. The van der Waals surface area contributed by atoms with Gasteiger partial charge in [-0.3, -0.25) is 9.59 Å². The highest BCUT2D eigenvalue weighted by molar-refractivity contribution is 6.02. The van der Waals surface area contributed by atoms with Gasteiger partial charge in [0.15, 0.2) is 5.76 Å². The number of furan rings is 1. The first kappa shape index (κ1) is 24.0. The highest BCUT2D eigenvalue weighted by atomic mass is 19.1. The summed E-state index contributed by atoms with van der Waals surface area (Å²) in [6, 6.07) is 24.8. The van der Waals surface area contributed by atoms with E-state index in [-0.39, 0.29) is 36.1 Å².